The molecular weight excluding hydrogens is 349 g/mol. The predicted octanol–water partition coefficient (Wildman–Crippen LogP) is 5.28. The smallest absolute Gasteiger partial charge is 0.257 e. The van der Waals surface area contributed by atoms with Crippen LogP contribution in [0.1, 0.15) is 25.9 Å². The lowest BCUT2D eigenvalue weighted by molar-refractivity contribution is 0.0714. The molecule has 0 aliphatic heterocycles. The first kappa shape index (κ1) is 16.7. The number of amides is 1. The van der Waals surface area contributed by atoms with E-state index in [0.717, 1.165) is 9.75 Å². The second-order valence-electron chi connectivity index (χ2n) is 5.38. The van der Waals surface area contributed by atoms with Crippen molar-refractivity contribution in [1.29, 1.82) is 0 Å². The monoisotopic (exact) mass is 363 g/mol. The minimum absolute atomic E-state index is 0.0395. The lowest BCUT2D eigenvalue weighted by Gasteiger charge is -2.21. The van der Waals surface area contributed by atoms with Crippen LogP contribution in [0.5, 0.6) is 0 Å². The molecule has 3 nitrogen and oxygen atoms in total. The second-order valence-corrected chi connectivity index (χ2v) is 7.19. The fourth-order valence-electron chi connectivity index (χ4n) is 2.38. The van der Waals surface area contributed by atoms with Crippen molar-refractivity contribution in [2.45, 2.75) is 20.0 Å². The summed E-state index contributed by atoms with van der Waals surface area (Å²) in [7, 11) is 0. The number of thiophene rings is 1. The van der Waals surface area contributed by atoms with Crippen LogP contribution in [0.15, 0.2) is 53.1 Å². The quantitative estimate of drug-likeness (QED) is 0.617. The first-order valence-corrected chi connectivity index (χ1v) is 8.54. The maximum Gasteiger partial charge on any atom is 0.257 e. The van der Waals surface area contributed by atoms with Gasteiger partial charge in [-0.3, -0.25) is 4.79 Å². The lowest BCUT2D eigenvalue weighted by atomic mass is 10.1. The predicted molar refractivity (Wildman–Crippen MR) is 92.8 cm³/mol. The van der Waals surface area contributed by atoms with Crippen molar-refractivity contribution >= 4 is 28.8 Å². The third-order valence-electron chi connectivity index (χ3n) is 3.52. The van der Waals surface area contributed by atoms with Gasteiger partial charge in [-0.15, -0.1) is 11.3 Å². The largest absolute Gasteiger partial charge is 0.467 e. The zero-order valence-corrected chi connectivity index (χ0v) is 14.5. The molecule has 6 heteroatoms. The minimum atomic E-state index is -0.587. The van der Waals surface area contributed by atoms with Gasteiger partial charge >= 0.3 is 0 Å². The van der Waals surface area contributed by atoms with Gasteiger partial charge in [-0.05, 0) is 49.4 Å². The zero-order chi connectivity index (χ0) is 17.1. The summed E-state index contributed by atoms with van der Waals surface area (Å²) in [4.78, 5) is 16.6. The highest BCUT2D eigenvalue weighted by Gasteiger charge is 2.21. The van der Waals surface area contributed by atoms with E-state index in [9.17, 15) is 9.18 Å². The number of hydrogen-bond acceptors (Lipinski definition) is 3. The van der Waals surface area contributed by atoms with Crippen LogP contribution in [0.4, 0.5) is 4.39 Å². The molecule has 2 aromatic heterocycles. The summed E-state index contributed by atoms with van der Waals surface area (Å²) in [6.45, 7) is 2.64. The number of hydrogen-bond donors (Lipinski definition) is 0. The molecule has 0 saturated carbocycles. The zero-order valence-electron chi connectivity index (χ0n) is 13.0. The number of halogens is 2. The molecule has 0 N–H and O–H groups in total. The van der Waals surface area contributed by atoms with E-state index in [0.29, 0.717) is 17.3 Å². The summed E-state index contributed by atoms with van der Waals surface area (Å²) in [5.74, 6) is -0.368. The van der Waals surface area contributed by atoms with Crippen molar-refractivity contribution in [3.8, 4) is 0 Å². The highest BCUT2D eigenvalue weighted by Crippen LogP contribution is 2.22. The van der Waals surface area contributed by atoms with Gasteiger partial charge in [0.1, 0.15) is 11.6 Å². The van der Waals surface area contributed by atoms with E-state index >= 15 is 0 Å². The van der Waals surface area contributed by atoms with Gasteiger partial charge in [0.25, 0.3) is 5.91 Å². The van der Waals surface area contributed by atoms with Crippen molar-refractivity contribution in [1.82, 2.24) is 4.90 Å². The molecule has 0 atom stereocenters. The van der Waals surface area contributed by atoms with Crippen LogP contribution in [0, 0.1) is 12.7 Å². The molecule has 1 amide bonds. The number of carbonyl (C=O) groups excluding carboxylic acids is 1. The minimum Gasteiger partial charge on any atom is -0.467 e. The third kappa shape index (κ3) is 3.86. The average Bonchev–Trinajstić information content (AvgIpc) is 3.20. The maximum atomic E-state index is 14.1. The van der Waals surface area contributed by atoms with Gasteiger partial charge in [0.2, 0.25) is 0 Å². The van der Waals surface area contributed by atoms with Crippen molar-refractivity contribution in [3.63, 3.8) is 0 Å². The molecule has 24 heavy (non-hydrogen) atoms. The van der Waals surface area contributed by atoms with Crippen LogP contribution in [-0.2, 0) is 13.1 Å². The molecule has 2 heterocycles. The Kier molecular flexibility index (Phi) is 5.02. The highest BCUT2D eigenvalue weighted by molar-refractivity contribution is 7.11. The number of nitrogens with zero attached hydrogens (tertiary/aromatic N) is 1. The molecule has 0 radical (unpaired) electrons. The number of furan rings is 1. The van der Waals surface area contributed by atoms with Crippen LogP contribution >= 0.6 is 22.9 Å². The normalized spacial score (nSPS) is 10.8. The Morgan fingerprint density at radius 3 is 2.75 bits per heavy atom. The topological polar surface area (TPSA) is 33.5 Å². The summed E-state index contributed by atoms with van der Waals surface area (Å²) < 4.78 is 19.4. The first-order valence-electron chi connectivity index (χ1n) is 7.35. The fraction of sp³-hybridized carbons (Fsp3) is 0.167. The van der Waals surface area contributed by atoms with Gasteiger partial charge in [0, 0.05) is 14.8 Å². The Morgan fingerprint density at radius 2 is 2.08 bits per heavy atom. The molecule has 0 bridgehead atoms. The average molecular weight is 364 g/mol. The number of benzene rings is 1. The van der Waals surface area contributed by atoms with E-state index in [2.05, 4.69) is 0 Å². The van der Waals surface area contributed by atoms with E-state index in [1.165, 1.54) is 18.2 Å². The Bertz CT molecular complexity index is 845. The molecule has 0 aliphatic rings. The second kappa shape index (κ2) is 7.20. The van der Waals surface area contributed by atoms with E-state index in [4.69, 9.17) is 16.0 Å². The van der Waals surface area contributed by atoms with E-state index in [1.807, 2.05) is 19.1 Å². The molecule has 0 saturated heterocycles. The van der Waals surface area contributed by atoms with E-state index < -0.39 is 11.7 Å². The summed E-state index contributed by atoms with van der Waals surface area (Å²) in [5.41, 5.74) is -0.0395. The van der Waals surface area contributed by atoms with Crippen LogP contribution in [-0.4, -0.2) is 10.8 Å². The molecular formula is C18H15ClFNO2S. The Labute approximate surface area is 148 Å². The van der Waals surface area contributed by atoms with E-state index in [1.54, 1.807) is 34.6 Å². The van der Waals surface area contributed by atoms with Gasteiger partial charge in [0.05, 0.1) is 24.9 Å². The Hall–Kier alpha value is -2.11. The van der Waals surface area contributed by atoms with Crippen LogP contribution in [0.2, 0.25) is 5.02 Å². The maximum absolute atomic E-state index is 14.1. The van der Waals surface area contributed by atoms with Crippen LogP contribution < -0.4 is 0 Å². The van der Waals surface area contributed by atoms with Gasteiger partial charge in [-0.1, -0.05) is 11.6 Å². The van der Waals surface area contributed by atoms with Gasteiger partial charge < -0.3 is 9.32 Å². The standard InChI is InChI=1S/C18H15ClFNO2S/c1-12-4-6-15(24-12)11-21(10-14-3-2-8-23-14)18(22)16-9-13(19)5-7-17(16)20/h2-9H,10-11H2,1H3. The molecule has 0 fully saturated rings. The summed E-state index contributed by atoms with van der Waals surface area (Å²) in [6, 6.07) is 11.5. The molecule has 124 valence electrons. The molecule has 0 unspecified atom stereocenters. The van der Waals surface area contributed by atoms with Crippen molar-refractivity contribution < 1.29 is 13.6 Å². The van der Waals surface area contributed by atoms with Gasteiger partial charge in [0.15, 0.2) is 0 Å². The number of rotatable bonds is 5. The van der Waals surface area contributed by atoms with Crippen LogP contribution in [0.3, 0.4) is 0 Å². The highest BCUT2D eigenvalue weighted by atomic mass is 35.5. The lowest BCUT2D eigenvalue weighted by Crippen LogP contribution is -2.30. The van der Waals surface area contributed by atoms with Crippen molar-refractivity contribution in [2.24, 2.45) is 0 Å². The van der Waals surface area contributed by atoms with E-state index in [-0.39, 0.29) is 12.1 Å². The summed E-state index contributed by atoms with van der Waals surface area (Å²) in [6.07, 6.45) is 1.55. The number of carbonyl (C=O) groups is 1. The summed E-state index contributed by atoms with van der Waals surface area (Å²) in [5, 5.41) is 0.324. The molecule has 3 rings (SSSR count). The van der Waals surface area contributed by atoms with Crippen molar-refractivity contribution in [2.75, 3.05) is 0 Å². The molecule has 1 aromatic carbocycles. The fourth-order valence-corrected chi connectivity index (χ4v) is 3.46. The number of aryl methyl sites for hydroxylation is 1. The van der Waals surface area contributed by atoms with Crippen molar-refractivity contribution in [3.05, 3.63) is 80.6 Å². The molecule has 0 aliphatic carbocycles. The molecule has 0 spiro atoms. The molecule has 3 aromatic rings. The SMILES string of the molecule is Cc1ccc(CN(Cc2ccco2)C(=O)c2cc(Cl)ccc2F)s1. The van der Waals surface area contributed by atoms with Gasteiger partial charge in [-0.2, -0.15) is 0 Å². The third-order valence-corrected chi connectivity index (χ3v) is 4.74. The first-order chi connectivity index (χ1) is 11.5. The van der Waals surface area contributed by atoms with Crippen LogP contribution in [0.25, 0.3) is 0 Å². The Morgan fingerprint density at radius 1 is 1.25 bits per heavy atom. The van der Waals surface area contributed by atoms with Gasteiger partial charge in [-0.25, -0.2) is 4.39 Å². The summed E-state index contributed by atoms with van der Waals surface area (Å²) >= 11 is 7.52. The Balaban J connectivity index is 1.90.